The molecule has 24 heavy (non-hydrogen) atoms. The number of aryl methyl sites for hydroxylation is 4. The Morgan fingerprint density at radius 3 is 2.46 bits per heavy atom. The lowest BCUT2D eigenvalue weighted by atomic mass is 9.87. The number of benzene rings is 2. The van der Waals surface area contributed by atoms with Crippen molar-refractivity contribution >= 4 is 24.0 Å². The maximum Gasteiger partial charge on any atom is 0.252 e. The minimum absolute atomic E-state index is 0. The van der Waals surface area contributed by atoms with E-state index in [1.165, 1.54) is 16.7 Å². The normalized spacial score (nSPS) is 16.0. The first-order valence-electron chi connectivity index (χ1n) is 8.22. The molecule has 3 rings (SSSR count). The van der Waals surface area contributed by atoms with E-state index in [-0.39, 0.29) is 24.4 Å². The van der Waals surface area contributed by atoms with E-state index in [0.717, 1.165) is 41.6 Å². The number of amides is 1. The lowest BCUT2D eigenvalue weighted by Gasteiger charge is -2.27. The van der Waals surface area contributed by atoms with E-state index in [2.05, 4.69) is 30.4 Å². The average Bonchev–Trinajstić information content (AvgIpc) is 2.46. The molecule has 0 spiro atoms. The van der Waals surface area contributed by atoms with Crippen LogP contribution in [0.5, 0.6) is 0 Å². The number of nitrogens with two attached hydrogens (primary N) is 1. The van der Waals surface area contributed by atoms with Crippen molar-refractivity contribution in [1.82, 2.24) is 5.32 Å². The molecule has 0 fully saturated rings. The number of hydrogen-bond donors (Lipinski definition) is 2. The first-order chi connectivity index (χ1) is 11.0. The second-order valence-electron chi connectivity index (χ2n) is 6.65. The highest BCUT2D eigenvalue weighted by atomic mass is 35.5. The third-order valence-corrected chi connectivity index (χ3v) is 4.69. The lowest BCUT2D eigenvalue weighted by Crippen LogP contribution is -2.32. The summed E-state index contributed by atoms with van der Waals surface area (Å²) in [6.45, 7) is 6.07. The van der Waals surface area contributed by atoms with Gasteiger partial charge in [0, 0.05) is 11.3 Å². The minimum atomic E-state index is 0. The Hall–Kier alpha value is -2.00. The second-order valence-corrected chi connectivity index (χ2v) is 6.65. The number of carbonyl (C=O) groups excluding carboxylic acids is 1. The van der Waals surface area contributed by atoms with Crippen molar-refractivity contribution in [1.29, 1.82) is 0 Å². The quantitative estimate of drug-likeness (QED) is 0.792. The van der Waals surface area contributed by atoms with E-state index in [4.69, 9.17) is 5.73 Å². The number of anilines is 1. The lowest BCUT2D eigenvalue weighted by molar-refractivity contribution is 0.0931. The summed E-state index contributed by atoms with van der Waals surface area (Å²) in [5.74, 6) is 0.0228. The van der Waals surface area contributed by atoms with Crippen LogP contribution in [-0.2, 0) is 6.42 Å². The predicted molar refractivity (Wildman–Crippen MR) is 102 cm³/mol. The van der Waals surface area contributed by atoms with Gasteiger partial charge >= 0.3 is 0 Å². The van der Waals surface area contributed by atoms with Crippen molar-refractivity contribution in [3.05, 3.63) is 63.7 Å². The van der Waals surface area contributed by atoms with Gasteiger partial charge in [-0.3, -0.25) is 4.79 Å². The smallest absolute Gasteiger partial charge is 0.252 e. The zero-order chi connectivity index (χ0) is 16.6. The Bertz CT molecular complexity index is 747. The maximum absolute atomic E-state index is 12.8. The molecule has 1 aliphatic carbocycles. The third kappa shape index (κ3) is 3.57. The van der Waals surface area contributed by atoms with E-state index in [1.807, 2.05) is 26.0 Å². The van der Waals surface area contributed by atoms with Crippen LogP contribution in [0.15, 0.2) is 30.3 Å². The first kappa shape index (κ1) is 18.3. The van der Waals surface area contributed by atoms with E-state index < -0.39 is 0 Å². The van der Waals surface area contributed by atoms with Crippen molar-refractivity contribution in [2.24, 2.45) is 0 Å². The largest absolute Gasteiger partial charge is 0.399 e. The van der Waals surface area contributed by atoms with Gasteiger partial charge in [-0.1, -0.05) is 23.8 Å². The molecule has 0 saturated heterocycles. The summed E-state index contributed by atoms with van der Waals surface area (Å²) >= 11 is 0. The monoisotopic (exact) mass is 344 g/mol. The predicted octanol–water partition coefficient (Wildman–Crippen LogP) is 4.42. The van der Waals surface area contributed by atoms with Gasteiger partial charge < -0.3 is 11.1 Å². The summed E-state index contributed by atoms with van der Waals surface area (Å²) in [4.78, 5) is 12.8. The van der Waals surface area contributed by atoms with Crippen LogP contribution < -0.4 is 11.1 Å². The minimum Gasteiger partial charge on any atom is -0.399 e. The molecule has 0 radical (unpaired) electrons. The van der Waals surface area contributed by atoms with Gasteiger partial charge in [0.05, 0.1) is 6.04 Å². The van der Waals surface area contributed by atoms with Crippen molar-refractivity contribution < 1.29 is 4.79 Å². The van der Waals surface area contributed by atoms with E-state index in [0.29, 0.717) is 0 Å². The maximum atomic E-state index is 12.8. The molecule has 1 aliphatic rings. The first-order valence-corrected chi connectivity index (χ1v) is 8.22. The van der Waals surface area contributed by atoms with Crippen molar-refractivity contribution in [3.63, 3.8) is 0 Å². The zero-order valence-electron chi connectivity index (χ0n) is 14.5. The molecular weight excluding hydrogens is 320 g/mol. The Balaban J connectivity index is 0.00000208. The van der Waals surface area contributed by atoms with Gasteiger partial charge in [-0.05, 0) is 74.4 Å². The Morgan fingerprint density at radius 2 is 1.79 bits per heavy atom. The fraction of sp³-hybridized carbons (Fsp3) is 0.350. The molecule has 1 atom stereocenters. The summed E-state index contributed by atoms with van der Waals surface area (Å²) in [5.41, 5.74) is 13.2. The van der Waals surface area contributed by atoms with Crippen LogP contribution >= 0.6 is 12.4 Å². The van der Waals surface area contributed by atoms with Gasteiger partial charge in [0.25, 0.3) is 5.91 Å². The summed E-state index contributed by atoms with van der Waals surface area (Å²) in [7, 11) is 0. The molecule has 2 aromatic rings. The van der Waals surface area contributed by atoms with Crippen molar-refractivity contribution in [2.75, 3.05) is 5.73 Å². The molecule has 0 aliphatic heterocycles. The van der Waals surface area contributed by atoms with Crippen LogP contribution in [0, 0.1) is 20.8 Å². The molecule has 0 aromatic heterocycles. The van der Waals surface area contributed by atoms with E-state index >= 15 is 0 Å². The van der Waals surface area contributed by atoms with Crippen LogP contribution in [0.3, 0.4) is 0 Å². The summed E-state index contributed by atoms with van der Waals surface area (Å²) in [6, 6.07) is 10.2. The van der Waals surface area contributed by atoms with Crippen LogP contribution in [-0.4, -0.2) is 5.91 Å². The molecule has 128 valence electrons. The van der Waals surface area contributed by atoms with Gasteiger partial charge in [0.2, 0.25) is 0 Å². The number of fused-ring (bicyclic) bond motifs is 1. The highest BCUT2D eigenvalue weighted by molar-refractivity contribution is 5.97. The van der Waals surface area contributed by atoms with Gasteiger partial charge in [0.15, 0.2) is 0 Å². The fourth-order valence-electron chi connectivity index (χ4n) is 3.75. The molecule has 1 unspecified atom stereocenters. The van der Waals surface area contributed by atoms with Crippen LogP contribution in [0.1, 0.15) is 57.1 Å². The van der Waals surface area contributed by atoms with Gasteiger partial charge in [0.1, 0.15) is 0 Å². The number of halogens is 1. The summed E-state index contributed by atoms with van der Waals surface area (Å²) in [5, 5.41) is 3.23. The summed E-state index contributed by atoms with van der Waals surface area (Å²) in [6.07, 6.45) is 3.09. The fourth-order valence-corrected chi connectivity index (χ4v) is 3.75. The zero-order valence-corrected chi connectivity index (χ0v) is 15.3. The third-order valence-electron chi connectivity index (χ3n) is 4.69. The molecule has 2 aromatic carbocycles. The summed E-state index contributed by atoms with van der Waals surface area (Å²) < 4.78 is 0. The Morgan fingerprint density at radius 1 is 1.12 bits per heavy atom. The average molecular weight is 345 g/mol. The number of nitrogen functional groups attached to an aromatic ring is 1. The number of hydrogen-bond acceptors (Lipinski definition) is 2. The second kappa shape index (κ2) is 7.27. The molecule has 3 nitrogen and oxygen atoms in total. The number of nitrogens with one attached hydrogen (secondary N) is 1. The Labute approximate surface area is 150 Å². The van der Waals surface area contributed by atoms with Crippen LogP contribution in [0.2, 0.25) is 0 Å². The van der Waals surface area contributed by atoms with Crippen molar-refractivity contribution in [2.45, 2.75) is 46.1 Å². The van der Waals surface area contributed by atoms with Gasteiger partial charge in [-0.15, -0.1) is 12.4 Å². The number of rotatable bonds is 2. The molecule has 3 N–H and O–H groups in total. The van der Waals surface area contributed by atoms with Crippen LogP contribution in [0.4, 0.5) is 5.69 Å². The van der Waals surface area contributed by atoms with Gasteiger partial charge in [-0.25, -0.2) is 0 Å². The highest BCUT2D eigenvalue weighted by Gasteiger charge is 2.23. The van der Waals surface area contributed by atoms with Gasteiger partial charge in [-0.2, -0.15) is 0 Å². The van der Waals surface area contributed by atoms with Crippen LogP contribution in [0.25, 0.3) is 0 Å². The molecule has 0 heterocycles. The molecule has 1 amide bonds. The number of carbonyl (C=O) groups is 1. The van der Waals surface area contributed by atoms with E-state index in [1.54, 1.807) is 0 Å². The molecule has 0 saturated carbocycles. The molecule has 4 heteroatoms. The topological polar surface area (TPSA) is 55.1 Å². The SMILES string of the molecule is Cc1cc(C)c(C(=O)NC2CCCc3cc(N)ccc32)c(C)c1.Cl. The molecular formula is C20H25ClN2O. The highest BCUT2D eigenvalue weighted by Crippen LogP contribution is 2.31. The standard InChI is InChI=1S/C20H24N2O.ClH/c1-12-9-13(2)19(14(3)10-12)20(23)22-18-6-4-5-15-11-16(21)7-8-17(15)18;/h7-11,18H,4-6,21H2,1-3H3,(H,22,23);1H. The molecule has 0 bridgehead atoms. The van der Waals surface area contributed by atoms with Crippen molar-refractivity contribution in [3.8, 4) is 0 Å². The Kier molecular flexibility index (Phi) is 5.55. The van der Waals surface area contributed by atoms with E-state index in [9.17, 15) is 4.79 Å².